The molecule has 0 aromatic carbocycles. The van der Waals surface area contributed by atoms with E-state index in [1.54, 1.807) is 6.20 Å². The lowest BCUT2D eigenvalue weighted by atomic mass is 9.62. The number of amides is 1. The Morgan fingerprint density at radius 3 is 2.57 bits per heavy atom. The first-order valence-corrected chi connectivity index (χ1v) is 8.65. The number of carboxylic acids is 1. The van der Waals surface area contributed by atoms with Crippen LogP contribution in [0.5, 0.6) is 0 Å². The van der Waals surface area contributed by atoms with Gasteiger partial charge in [-0.15, -0.1) is 0 Å². The highest BCUT2D eigenvalue weighted by Gasteiger charge is 2.41. The van der Waals surface area contributed by atoms with E-state index in [1.807, 2.05) is 0 Å². The van der Waals surface area contributed by atoms with E-state index in [1.165, 1.54) is 62.1 Å². The summed E-state index contributed by atoms with van der Waals surface area (Å²) in [6.45, 7) is 0.0832. The highest BCUT2D eigenvalue weighted by molar-refractivity contribution is 5.85. The van der Waals surface area contributed by atoms with E-state index in [4.69, 9.17) is 5.11 Å². The number of nitrogens with zero attached hydrogens (tertiary/aromatic N) is 2. The Balaban J connectivity index is 1.62. The predicted octanol–water partition coefficient (Wildman–Crippen LogP) is 2.59. The van der Waals surface area contributed by atoms with Crippen LogP contribution >= 0.6 is 0 Å². The molecule has 0 saturated heterocycles. The summed E-state index contributed by atoms with van der Waals surface area (Å²) in [6, 6.07) is 1.68. The summed E-state index contributed by atoms with van der Waals surface area (Å²) in [4.78, 5) is 23.2. The van der Waals surface area contributed by atoms with Gasteiger partial charge in [-0.25, -0.2) is 4.79 Å². The number of rotatable bonds is 4. The molecule has 2 fully saturated rings. The Hall–Kier alpha value is -1.85. The normalized spacial score (nSPS) is 23.6. The number of aromatic nitrogens is 2. The molecular formula is C17H25N3O3. The summed E-state index contributed by atoms with van der Waals surface area (Å²) >= 11 is 0. The molecule has 1 atom stereocenters. The highest BCUT2D eigenvalue weighted by Crippen LogP contribution is 2.47. The van der Waals surface area contributed by atoms with Crippen LogP contribution in [0.3, 0.4) is 0 Å². The van der Waals surface area contributed by atoms with Gasteiger partial charge in [0, 0.05) is 12.2 Å². The lowest BCUT2D eigenvalue weighted by Gasteiger charge is -2.47. The number of hydrogen-bond donors (Lipinski definition) is 2. The van der Waals surface area contributed by atoms with Crippen LogP contribution in [-0.2, 0) is 11.3 Å². The Bertz CT molecular complexity index is 567. The minimum absolute atomic E-state index is 0.0285. The largest absolute Gasteiger partial charge is 0.476 e. The molecule has 0 radical (unpaired) electrons. The van der Waals surface area contributed by atoms with Gasteiger partial charge in [0.05, 0.1) is 0 Å². The zero-order valence-electron chi connectivity index (χ0n) is 13.5. The number of carboxylic acid groups (broad SMARTS) is 1. The molecule has 23 heavy (non-hydrogen) atoms. The quantitative estimate of drug-likeness (QED) is 0.893. The van der Waals surface area contributed by atoms with Crippen molar-refractivity contribution in [1.29, 1.82) is 0 Å². The first kappa shape index (κ1) is 16.0. The molecule has 1 aromatic rings. The maximum atomic E-state index is 12.4. The van der Waals surface area contributed by atoms with Crippen molar-refractivity contribution < 1.29 is 14.7 Å². The van der Waals surface area contributed by atoms with Gasteiger partial charge in [-0.3, -0.25) is 9.48 Å². The van der Waals surface area contributed by atoms with Gasteiger partial charge >= 0.3 is 5.97 Å². The van der Waals surface area contributed by atoms with Crippen molar-refractivity contribution in [1.82, 2.24) is 15.1 Å². The van der Waals surface area contributed by atoms with Gasteiger partial charge < -0.3 is 10.4 Å². The second-order valence-corrected chi connectivity index (χ2v) is 6.99. The second-order valence-electron chi connectivity index (χ2n) is 6.99. The van der Waals surface area contributed by atoms with E-state index in [0.29, 0.717) is 5.41 Å². The summed E-state index contributed by atoms with van der Waals surface area (Å²) in [6.07, 6.45) is 12.6. The summed E-state index contributed by atoms with van der Waals surface area (Å²) < 4.78 is 1.40. The molecule has 0 aliphatic heterocycles. The van der Waals surface area contributed by atoms with Gasteiger partial charge in [-0.1, -0.05) is 32.1 Å². The fourth-order valence-corrected chi connectivity index (χ4v) is 4.34. The van der Waals surface area contributed by atoms with Crippen molar-refractivity contribution in [2.75, 3.05) is 0 Å². The number of aromatic carboxylic acids is 1. The minimum atomic E-state index is -1.07. The first-order valence-electron chi connectivity index (χ1n) is 8.65. The molecule has 1 unspecified atom stereocenters. The maximum Gasteiger partial charge on any atom is 0.356 e. The van der Waals surface area contributed by atoms with Gasteiger partial charge in [-0.05, 0) is 37.2 Å². The average molecular weight is 319 g/mol. The summed E-state index contributed by atoms with van der Waals surface area (Å²) in [7, 11) is 0. The van der Waals surface area contributed by atoms with Crippen LogP contribution in [0.2, 0.25) is 0 Å². The number of carbonyl (C=O) groups is 2. The van der Waals surface area contributed by atoms with Crippen LogP contribution in [0.25, 0.3) is 0 Å². The van der Waals surface area contributed by atoms with Crippen molar-refractivity contribution in [2.24, 2.45) is 5.41 Å². The molecule has 2 aliphatic rings. The lowest BCUT2D eigenvalue weighted by molar-refractivity contribution is -0.124. The predicted molar refractivity (Wildman–Crippen MR) is 85.1 cm³/mol. The van der Waals surface area contributed by atoms with E-state index in [0.717, 1.165) is 6.42 Å². The molecule has 0 bridgehead atoms. The molecule has 2 saturated carbocycles. The van der Waals surface area contributed by atoms with Gasteiger partial charge in [0.2, 0.25) is 5.91 Å². The van der Waals surface area contributed by atoms with Crippen LogP contribution in [0.4, 0.5) is 0 Å². The van der Waals surface area contributed by atoms with Crippen molar-refractivity contribution in [3.05, 3.63) is 18.0 Å². The molecule has 6 nitrogen and oxygen atoms in total. The van der Waals surface area contributed by atoms with E-state index in [2.05, 4.69) is 10.4 Å². The van der Waals surface area contributed by atoms with Crippen LogP contribution in [0.1, 0.15) is 68.3 Å². The Morgan fingerprint density at radius 1 is 1.22 bits per heavy atom. The summed E-state index contributed by atoms with van der Waals surface area (Å²) in [5.74, 6) is -1.14. The Labute approximate surface area is 136 Å². The number of nitrogens with one attached hydrogen (secondary N) is 1. The maximum absolute atomic E-state index is 12.4. The van der Waals surface area contributed by atoms with E-state index in [-0.39, 0.29) is 24.2 Å². The highest BCUT2D eigenvalue weighted by atomic mass is 16.4. The molecule has 1 amide bonds. The molecule has 2 N–H and O–H groups in total. The van der Waals surface area contributed by atoms with E-state index < -0.39 is 5.97 Å². The molecule has 6 heteroatoms. The standard InChI is InChI=1S/C17H25N3O3/c21-15(12-20-11-7-13(19-20)16(22)23)18-14-6-2-5-10-17(14)8-3-1-4-9-17/h7,11,14H,1-6,8-10,12H2,(H,18,21)(H,22,23). The van der Waals surface area contributed by atoms with Gasteiger partial charge in [0.25, 0.3) is 0 Å². The Morgan fingerprint density at radius 2 is 1.91 bits per heavy atom. The fourth-order valence-electron chi connectivity index (χ4n) is 4.34. The summed E-state index contributed by atoms with van der Waals surface area (Å²) in [5.41, 5.74) is 0.266. The van der Waals surface area contributed by atoms with Crippen molar-refractivity contribution in [2.45, 2.75) is 70.4 Å². The van der Waals surface area contributed by atoms with Crippen molar-refractivity contribution in [3.8, 4) is 0 Å². The SMILES string of the molecule is O=C(Cn1ccc(C(=O)O)n1)NC1CCCCC12CCCCC2. The van der Waals surface area contributed by atoms with Gasteiger partial charge in [0.1, 0.15) is 6.54 Å². The number of hydrogen-bond acceptors (Lipinski definition) is 3. The third-order valence-corrected chi connectivity index (χ3v) is 5.51. The molecular weight excluding hydrogens is 294 g/mol. The van der Waals surface area contributed by atoms with Crippen LogP contribution in [0, 0.1) is 5.41 Å². The molecule has 3 rings (SSSR count). The van der Waals surface area contributed by atoms with Crippen LogP contribution in [0.15, 0.2) is 12.3 Å². The van der Waals surface area contributed by atoms with E-state index in [9.17, 15) is 9.59 Å². The zero-order valence-corrected chi connectivity index (χ0v) is 13.5. The number of carbonyl (C=O) groups excluding carboxylic acids is 1. The van der Waals surface area contributed by atoms with Crippen molar-refractivity contribution in [3.63, 3.8) is 0 Å². The van der Waals surface area contributed by atoms with Crippen LogP contribution in [-0.4, -0.2) is 32.8 Å². The monoisotopic (exact) mass is 319 g/mol. The molecule has 1 aromatic heterocycles. The van der Waals surface area contributed by atoms with E-state index >= 15 is 0 Å². The molecule has 1 spiro atoms. The topological polar surface area (TPSA) is 84.2 Å². The lowest BCUT2D eigenvalue weighted by Crippen LogP contribution is -2.51. The smallest absolute Gasteiger partial charge is 0.356 e. The zero-order chi connectivity index (χ0) is 16.3. The minimum Gasteiger partial charge on any atom is -0.476 e. The Kier molecular flexibility index (Phi) is 4.68. The van der Waals surface area contributed by atoms with Gasteiger partial charge in [-0.2, -0.15) is 5.10 Å². The molecule has 126 valence electrons. The summed E-state index contributed by atoms with van der Waals surface area (Å²) in [5, 5.41) is 16.0. The molecule has 2 aliphatic carbocycles. The van der Waals surface area contributed by atoms with Crippen molar-refractivity contribution >= 4 is 11.9 Å². The third kappa shape index (κ3) is 3.57. The van der Waals surface area contributed by atoms with Crippen LogP contribution < -0.4 is 5.32 Å². The third-order valence-electron chi connectivity index (χ3n) is 5.51. The first-order chi connectivity index (χ1) is 11.1. The van der Waals surface area contributed by atoms with Gasteiger partial charge in [0.15, 0.2) is 5.69 Å². The fraction of sp³-hybridized carbons (Fsp3) is 0.706. The average Bonchev–Trinajstić information content (AvgIpc) is 2.99. The second kappa shape index (κ2) is 6.72. The molecule has 1 heterocycles.